The second-order valence-corrected chi connectivity index (χ2v) is 4.91. The molecular weight excluding hydrogens is 204 g/mol. The van der Waals surface area contributed by atoms with Crippen LogP contribution in [0.2, 0.25) is 0 Å². The third-order valence-electron chi connectivity index (χ3n) is 2.50. The van der Waals surface area contributed by atoms with Crippen molar-refractivity contribution in [3.63, 3.8) is 0 Å². The van der Waals surface area contributed by atoms with Gasteiger partial charge in [-0.15, -0.1) is 0 Å². The highest BCUT2D eigenvalue weighted by Crippen LogP contribution is 2.09. The van der Waals surface area contributed by atoms with Crippen molar-refractivity contribution in [2.75, 3.05) is 6.61 Å². The van der Waals surface area contributed by atoms with Crippen molar-refractivity contribution in [2.45, 2.75) is 65.1 Å². The zero-order valence-electron chi connectivity index (χ0n) is 11.2. The summed E-state index contributed by atoms with van der Waals surface area (Å²) >= 11 is 0. The zero-order chi connectivity index (χ0) is 12.8. The maximum Gasteiger partial charge on any atom is 0.239 e. The van der Waals surface area contributed by atoms with E-state index in [0.717, 1.165) is 12.8 Å². The molecule has 2 unspecified atom stereocenters. The molecule has 0 aromatic rings. The van der Waals surface area contributed by atoms with Crippen molar-refractivity contribution >= 4 is 5.91 Å². The van der Waals surface area contributed by atoms with Crippen molar-refractivity contribution in [2.24, 2.45) is 5.73 Å². The Morgan fingerprint density at radius 2 is 2.00 bits per heavy atom. The van der Waals surface area contributed by atoms with E-state index in [1.807, 2.05) is 20.8 Å². The monoisotopic (exact) mass is 230 g/mol. The molecule has 0 saturated heterocycles. The fraction of sp³-hybridized carbons (Fsp3) is 0.917. The Morgan fingerprint density at radius 1 is 1.44 bits per heavy atom. The van der Waals surface area contributed by atoms with Crippen LogP contribution in [0.1, 0.15) is 47.5 Å². The highest BCUT2D eigenvalue weighted by Gasteiger charge is 2.32. The lowest BCUT2D eigenvalue weighted by Crippen LogP contribution is -2.58. The van der Waals surface area contributed by atoms with E-state index in [1.165, 1.54) is 0 Å². The van der Waals surface area contributed by atoms with E-state index >= 15 is 0 Å². The van der Waals surface area contributed by atoms with Crippen LogP contribution in [0.5, 0.6) is 0 Å². The maximum atomic E-state index is 11.4. The number of hydrogen-bond donors (Lipinski definition) is 2. The standard InChI is InChI=1S/C12H26N2O2/c1-6-7-10(4)16-8-12(5,11(13)15)14-9(2)3/h9-10,14H,6-8H2,1-5H3,(H2,13,15). The average Bonchev–Trinajstić information content (AvgIpc) is 2.14. The molecule has 0 saturated carbocycles. The van der Waals surface area contributed by atoms with Crippen LogP contribution >= 0.6 is 0 Å². The first-order chi connectivity index (χ1) is 7.31. The molecule has 3 N–H and O–H groups in total. The quantitative estimate of drug-likeness (QED) is 0.663. The van der Waals surface area contributed by atoms with Gasteiger partial charge in [0.25, 0.3) is 0 Å². The lowest BCUT2D eigenvalue weighted by molar-refractivity contribution is -0.127. The molecule has 0 aliphatic heterocycles. The third kappa shape index (κ3) is 5.47. The predicted molar refractivity (Wildman–Crippen MR) is 66.2 cm³/mol. The minimum atomic E-state index is -0.782. The summed E-state index contributed by atoms with van der Waals surface area (Å²) in [6.45, 7) is 10.2. The van der Waals surface area contributed by atoms with Crippen LogP contribution in [0.25, 0.3) is 0 Å². The van der Waals surface area contributed by atoms with Crippen molar-refractivity contribution in [1.82, 2.24) is 5.32 Å². The molecule has 96 valence electrons. The summed E-state index contributed by atoms with van der Waals surface area (Å²) < 4.78 is 5.65. The number of hydrogen-bond acceptors (Lipinski definition) is 3. The van der Waals surface area contributed by atoms with Gasteiger partial charge in [0, 0.05) is 6.04 Å². The first-order valence-electron chi connectivity index (χ1n) is 6.01. The molecule has 0 rings (SSSR count). The first kappa shape index (κ1) is 15.4. The van der Waals surface area contributed by atoms with Gasteiger partial charge in [0.15, 0.2) is 0 Å². The summed E-state index contributed by atoms with van der Waals surface area (Å²) in [4.78, 5) is 11.4. The molecule has 0 radical (unpaired) electrons. The van der Waals surface area contributed by atoms with Crippen LogP contribution in [-0.4, -0.2) is 30.2 Å². The van der Waals surface area contributed by atoms with Gasteiger partial charge < -0.3 is 10.5 Å². The molecule has 4 heteroatoms. The Labute approximate surface area is 98.9 Å². The molecular formula is C12H26N2O2. The first-order valence-corrected chi connectivity index (χ1v) is 6.01. The molecule has 16 heavy (non-hydrogen) atoms. The summed E-state index contributed by atoms with van der Waals surface area (Å²) in [6, 6.07) is 0.197. The number of carbonyl (C=O) groups excluding carboxylic acids is 1. The Bertz CT molecular complexity index is 219. The minimum Gasteiger partial charge on any atom is -0.376 e. The van der Waals surface area contributed by atoms with E-state index < -0.39 is 5.54 Å². The van der Waals surface area contributed by atoms with Crippen molar-refractivity contribution in [3.05, 3.63) is 0 Å². The third-order valence-corrected chi connectivity index (χ3v) is 2.50. The molecule has 0 fully saturated rings. The second kappa shape index (κ2) is 6.86. The van der Waals surface area contributed by atoms with Crippen LogP contribution in [0.3, 0.4) is 0 Å². The van der Waals surface area contributed by atoms with Gasteiger partial charge in [-0.1, -0.05) is 13.3 Å². The maximum absolute atomic E-state index is 11.4. The topological polar surface area (TPSA) is 64.3 Å². The number of ether oxygens (including phenoxy) is 1. The lowest BCUT2D eigenvalue weighted by Gasteiger charge is -2.30. The molecule has 0 aliphatic carbocycles. The number of carbonyl (C=O) groups is 1. The summed E-state index contributed by atoms with van der Waals surface area (Å²) in [5.74, 6) is -0.370. The molecule has 2 atom stereocenters. The fourth-order valence-electron chi connectivity index (χ4n) is 1.62. The molecule has 1 amide bonds. The van der Waals surface area contributed by atoms with E-state index in [-0.39, 0.29) is 18.1 Å². The van der Waals surface area contributed by atoms with Gasteiger partial charge >= 0.3 is 0 Å². The minimum absolute atomic E-state index is 0.164. The summed E-state index contributed by atoms with van der Waals surface area (Å²) in [7, 11) is 0. The molecule has 0 aromatic carbocycles. The van der Waals surface area contributed by atoms with Gasteiger partial charge in [-0.3, -0.25) is 10.1 Å². The molecule has 4 nitrogen and oxygen atoms in total. The van der Waals surface area contributed by atoms with Crippen LogP contribution in [0, 0.1) is 0 Å². The van der Waals surface area contributed by atoms with E-state index in [0.29, 0.717) is 6.61 Å². The molecule has 0 bridgehead atoms. The number of rotatable bonds is 8. The highest BCUT2D eigenvalue weighted by molar-refractivity contribution is 5.84. The van der Waals surface area contributed by atoms with Gasteiger partial charge in [-0.25, -0.2) is 0 Å². The van der Waals surface area contributed by atoms with Crippen LogP contribution in [-0.2, 0) is 9.53 Å². The number of nitrogens with two attached hydrogens (primary N) is 1. The van der Waals surface area contributed by atoms with E-state index in [9.17, 15) is 4.79 Å². The Kier molecular flexibility index (Phi) is 6.60. The Morgan fingerprint density at radius 3 is 2.38 bits per heavy atom. The van der Waals surface area contributed by atoms with Gasteiger partial charge in [-0.05, 0) is 34.1 Å². The summed E-state index contributed by atoms with van der Waals surface area (Å²) in [6.07, 6.45) is 2.24. The molecule has 0 aliphatic rings. The Balaban J connectivity index is 4.28. The smallest absolute Gasteiger partial charge is 0.239 e. The van der Waals surface area contributed by atoms with Crippen LogP contribution in [0.4, 0.5) is 0 Å². The van der Waals surface area contributed by atoms with Crippen molar-refractivity contribution < 1.29 is 9.53 Å². The number of nitrogens with one attached hydrogen (secondary N) is 1. The van der Waals surface area contributed by atoms with Gasteiger partial charge in [0.2, 0.25) is 5.91 Å². The van der Waals surface area contributed by atoms with E-state index in [1.54, 1.807) is 6.92 Å². The largest absolute Gasteiger partial charge is 0.376 e. The number of primary amides is 1. The molecule has 0 spiro atoms. The highest BCUT2D eigenvalue weighted by atomic mass is 16.5. The average molecular weight is 230 g/mol. The van der Waals surface area contributed by atoms with Gasteiger partial charge in [-0.2, -0.15) is 0 Å². The van der Waals surface area contributed by atoms with Gasteiger partial charge in [0.05, 0.1) is 12.7 Å². The van der Waals surface area contributed by atoms with Gasteiger partial charge in [0.1, 0.15) is 5.54 Å². The second-order valence-electron chi connectivity index (χ2n) is 4.91. The predicted octanol–water partition coefficient (Wildman–Crippen LogP) is 1.43. The van der Waals surface area contributed by atoms with Crippen LogP contribution in [0.15, 0.2) is 0 Å². The number of amides is 1. The van der Waals surface area contributed by atoms with Crippen molar-refractivity contribution in [1.29, 1.82) is 0 Å². The van der Waals surface area contributed by atoms with Crippen molar-refractivity contribution in [3.8, 4) is 0 Å². The van der Waals surface area contributed by atoms with E-state index in [4.69, 9.17) is 10.5 Å². The molecule has 0 aromatic heterocycles. The van der Waals surface area contributed by atoms with Crippen LogP contribution < -0.4 is 11.1 Å². The Hall–Kier alpha value is -0.610. The summed E-state index contributed by atoms with van der Waals surface area (Å²) in [5.41, 5.74) is 4.62. The summed E-state index contributed by atoms with van der Waals surface area (Å²) in [5, 5.41) is 3.15. The normalized spacial score (nSPS) is 17.1. The fourth-order valence-corrected chi connectivity index (χ4v) is 1.62. The zero-order valence-corrected chi connectivity index (χ0v) is 11.2. The SMILES string of the molecule is CCCC(C)OCC(C)(NC(C)C)C(N)=O. The lowest BCUT2D eigenvalue weighted by atomic mass is 10.0. The van der Waals surface area contributed by atoms with E-state index in [2.05, 4.69) is 12.2 Å². The molecule has 0 heterocycles.